The quantitative estimate of drug-likeness (QED) is 0.625. The molecule has 1 aromatic rings. The Labute approximate surface area is 132 Å². The molecule has 1 heterocycles. The number of hydrogen-bond donors (Lipinski definition) is 4. The van der Waals surface area contributed by atoms with Gasteiger partial charge >= 0.3 is 6.03 Å². The third kappa shape index (κ3) is 5.67. The van der Waals surface area contributed by atoms with E-state index in [9.17, 15) is 13.6 Å². The summed E-state index contributed by atoms with van der Waals surface area (Å²) in [4.78, 5) is 11.8. The van der Waals surface area contributed by atoms with Gasteiger partial charge in [0.25, 0.3) is 0 Å². The van der Waals surface area contributed by atoms with Gasteiger partial charge < -0.3 is 26.7 Å². The second-order valence-electron chi connectivity index (χ2n) is 5.15. The first-order valence-electron chi connectivity index (χ1n) is 7.25. The van der Waals surface area contributed by atoms with Gasteiger partial charge in [-0.05, 0) is 38.1 Å². The van der Waals surface area contributed by atoms with E-state index in [-0.39, 0.29) is 17.4 Å². The molecule has 23 heavy (non-hydrogen) atoms. The van der Waals surface area contributed by atoms with Crippen LogP contribution in [-0.2, 0) is 0 Å². The monoisotopic (exact) mass is 322 g/mol. The summed E-state index contributed by atoms with van der Waals surface area (Å²) in [5.41, 5.74) is 0.212. The van der Waals surface area contributed by atoms with Crippen LogP contribution in [0.3, 0.4) is 0 Å². The number of carbonyl (C=O) groups is 1. The zero-order chi connectivity index (χ0) is 16.7. The van der Waals surface area contributed by atoms with Crippen molar-refractivity contribution in [3.8, 4) is 0 Å². The highest BCUT2D eigenvalue weighted by atomic mass is 19.1. The van der Waals surface area contributed by atoms with Gasteiger partial charge in [0.1, 0.15) is 11.6 Å². The molecule has 2 rings (SSSR count). The zero-order valence-corrected chi connectivity index (χ0v) is 12.4. The molecule has 2 amide bonds. The molecular formula is C15H18F2N5O-. The van der Waals surface area contributed by atoms with E-state index in [0.717, 1.165) is 44.1 Å². The molecule has 1 aliphatic rings. The van der Waals surface area contributed by atoms with Crippen molar-refractivity contribution in [2.75, 3.05) is 18.4 Å². The first-order chi connectivity index (χ1) is 11.1. The summed E-state index contributed by atoms with van der Waals surface area (Å²) in [5, 5.41) is 20.2. The number of rotatable bonds is 5. The van der Waals surface area contributed by atoms with Crippen LogP contribution in [0, 0.1) is 11.6 Å². The maximum absolute atomic E-state index is 13.1. The Morgan fingerprint density at radius 1 is 1.22 bits per heavy atom. The summed E-state index contributed by atoms with van der Waals surface area (Å²) in [6, 6.07) is 2.54. The topological polar surface area (TPSA) is 87.5 Å². The number of urea groups is 1. The molecular weight excluding hydrogens is 304 g/mol. The summed E-state index contributed by atoms with van der Waals surface area (Å²) in [6.45, 7) is 1.68. The number of allylic oxidation sites excluding steroid dienone is 1. The van der Waals surface area contributed by atoms with Crippen molar-refractivity contribution in [2.24, 2.45) is 0 Å². The predicted molar refractivity (Wildman–Crippen MR) is 85.0 cm³/mol. The number of piperidine rings is 1. The van der Waals surface area contributed by atoms with Crippen molar-refractivity contribution < 1.29 is 13.6 Å². The average Bonchev–Trinajstić information content (AvgIpc) is 2.51. The lowest BCUT2D eigenvalue weighted by molar-refractivity contribution is 0.236. The van der Waals surface area contributed by atoms with Crippen molar-refractivity contribution in [2.45, 2.75) is 18.9 Å². The molecule has 1 fully saturated rings. The van der Waals surface area contributed by atoms with E-state index in [1.54, 1.807) is 0 Å². The first kappa shape index (κ1) is 16.9. The largest absolute Gasteiger partial charge is 0.809 e. The SMILES string of the molecule is [N-]=C/C(=C\Nc1cc(F)cc(F)c1)NC(=O)NC1CCNCC1. The Morgan fingerprint density at radius 3 is 2.48 bits per heavy atom. The van der Waals surface area contributed by atoms with Crippen LogP contribution in [0.25, 0.3) is 5.41 Å². The van der Waals surface area contributed by atoms with Gasteiger partial charge in [-0.1, -0.05) is 0 Å². The number of amides is 2. The van der Waals surface area contributed by atoms with Gasteiger partial charge in [0, 0.05) is 29.7 Å². The number of nitrogens with zero attached hydrogens (tertiary/aromatic N) is 1. The van der Waals surface area contributed by atoms with E-state index in [4.69, 9.17) is 5.41 Å². The maximum atomic E-state index is 13.1. The summed E-state index contributed by atoms with van der Waals surface area (Å²) in [7, 11) is 0. The molecule has 0 radical (unpaired) electrons. The van der Waals surface area contributed by atoms with E-state index < -0.39 is 17.7 Å². The average molecular weight is 322 g/mol. The number of halogens is 2. The summed E-state index contributed by atoms with van der Waals surface area (Å²) in [6.07, 6.45) is 3.58. The molecule has 8 heteroatoms. The number of hydrogen-bond acceptors (Lipinski definition) is 3. The predicted octanol–water partition coefficient (Wildman–Crippen LogP) is 1.91. The molecule has 4 N–H and O–H groups in total. The molecule has 0 atom stereocenters. The number of carbonyl (C=O) groups excluding carboxylic acids is 1. The highest BCUT2D eigenvalue weighted by molar-refractivity contribution is 5.88. The Balaban J connectivity index is 1.90. The lowest BCUT2D eigenvalue weighted by atomic mass is 10.1. The van der Waals surface area contributed by atoms with Crippen molar-refractivity contribution in [3.63, 3.8) is 0 Å². The fourth-order valence-electron chi connectivity index (χ4n) is 2.22. The van der Waals surface area contributed by atoms with Gasteiger partial charge in [0.05, 0.1) is 0 Å². The number of benzene rings is 1. The van der Waals surface area contributed by atoms with Gasteiger partial charge in [-0.15, -0.1) is 0 Å². The second-order valence-corrected chi connectivity index (χ2v) is 5.15. The molecule has 0 unspecified atom stereocenters. The van der Waals surface area contributed by atoms with Crippen molar-refractivity contribution in [1.29, 1.82) is 0 Å². The molecule has 0 saturated carbocycles. The van der Waals surface area contributed by atoms with E-state index >= 15 is 0 Å². The standard InChI is InChI=1S/C15H18F2N5O/c16-10-5-11(17)7-13(6-10)20-9-14(8-18)22-15(23)21-12-1-3-19-4-2-12/h5-9,12,19-20H,1-4H2,(H2,21,22,23)/q-1/b14-9+. The van der Waals surface area contributed by atoms with Crippen molar-refractivity contribution >= 4 is 17.9 Å². The molecule has 6 nitrogen and oxygen atoms in total. The van der Waals surface area contributed by atoms with Gasteiger partial charge in [0.2, 0.25) is 0 Å². The first-order valence-corrected chi connectivity index (χ1v) is 7.25. The third-order valence-corrected chi connectivity index (χ3v) is 3.33. The Kier molecular flexibility index (Phi) is 6.04. The van der Waals surface area contributed by atoms with Crippen molar-refractivity contribution in [1.82, 2.24) is 16.0 Å². The van der Waals surface area contributed by atoms with E-state index in [0.29, 0.717) is 6.21 Å². The summed E-state index contributed by atoms with van der Waals surface area (Å²) < 4.78 is 26.1. The van der Waals surface area contributed by atoms with Crippen LogP contribution in [-0.4, -0.2) is 31.4 Å². The van der Waals surface area contributed by atoms with E-state index in [1.165, 1.54) is 6.20 Å². The molecule has 1 aliphatic heterocycles. The fourth-order valence-corrected chi connectivity index (χ4v) is 2.22. The molecule has 1 aromatic carbocycles. The molecule has 0 aromatic heterocycles. The van der Waals surface area contributed by atoms with Crippen LogP contribution in [0.1, 0.15) is 12.8 Å². The fraction of sp³-hybridized carbons (Fsp3) is 0.333. The van der Waals surface area contributed by atoms with E-state index in [1.807, 2.05) is 0 Å². The maximum Gasteiger partial charge on any atom is 0.319 e. The minimum Gasteiger partial charge on any atom is -0.809 e. The van der Waals surface area contributed by atoms with Crippen LogP contribution >= 0.6 is 0 Å². The van der Waals surface area contributed by atoms with Crippen LogP contribution in [0.4, 0.5) is 19.3 Å². The van der Waals surface area contributed by atoms with Gasteiger partial charge in [-0.3, -0.25) is 0 Å². The highest BCUT2D eigenvalue weighted by Gasteiger charge is 2.15. The van der Waals surface area contributed by atoms with Crippen LogP contribution in [0.5, 0.6) is 0 Å². The van der Waals surface area contributed by atoms with Crippen LogP contribution in [0.15, 0.2) is 30.1 Å². The molecule has 1 saturated heterocycles. The highest BCUT2D eigenvalue weighted by Crippen LogP contribution is 2.12. The van der Waals surface area contributed by atoms with Gasteiger partial charge in [-0.25, -0.2) is 13.6 Å². The minimum absolute atomic E-state index is 0.0566. The molecule has 0 aliphatic carbocycles. The lowest BCUT2D eigenvalue weighted by Gasteiger charge is -2.24. The molecule has 0 bridgehead atoms. The third-order valence-electron chi connectivity index (χ3n) is 3.33. The summed E-state index contributed by atoms with van der Waals surface area (Å²) in [5.74, 6) is -1.46. The Bertz CT molecular complexity index is 579. The van der Waals surface area contributed by atoms with E-state index in [2.05, 4.69) is 21.3 Å². The van der Waals surface area contributed by atoms with Gasteiger partial charge in [0.15, 0.2) is 0 Å². The molecule has 0 spiro atoms. The zero-order valence-electron chi connectivity index (χ0n) is 12.4. The van der Waals surface area contributed by atoms with Crippen molar-refractivity contribution in [3.05, 3.63) is 47.1 Å². The van der Waals surface area contributed by atoms with Crippen LogP contribution < -0.4 is 21.3 Å². The Morgan fingerprint density at radius 2 is 1.87 bits per heavy atom. The molecule has 124 valence electrons. The number of anilines is 1. The normalized spacial score (nSPS) is 15.8. The smallest absolute Gasteiger partial charge is 0.319 e. The lowest BCUT2D eigenvalue weighted by Crippen LogP contribution is -2.46. The second kappa shape index (κ2) is 8.23. The minimum atomic E-state index is -0.730. The van der Waals surface area contributed by atoms with Crippen LogP contribution in [0.2, 0.25) is 0 Å². The Hall–Kier alpha value is -2.48. The summed E-state index contributed by atoms with van der Waals surface area (Å²) >= 11 is 0. The number of nitrogens with one attached hydrogen (secondary N) is 4. The van der Waals surface area contributed by atoms with Gasteiger partial charge in [-0.2, -0.15) is 6.21 Å².